The van der Waals surface area contributed by atoms with Gasteiger partial charge in [-0.25, -0.2) is 9.18 Å². The highest BCUT2D eigenvalue weighted by Crippen LogP contribution is 2.31. The lowest BCUT2D eigenvalue weighted by Crippen LogP contribution is -2.58. The summed E-state index contributed by atoms with van der Waals surface area (Å²) in [5.41, 5.74) is 2.25. The highest BCUT2D eigenvalue weighted by molar-refractivity contribution is 5.87. The number of nitrogens with one attached hydrogen (secondary N) is 1. The molecule has 0 spiro atoms. The van der Waals surface area contributed by atoms with E-state index in [9.17, 15) is 19.1 Å². The summed E-state index contributed by atoms with van der Waals surface area (Å²) in [7, 11) is 0. The van der Waals surface area contributed by atoms with Crippen molar-refractivity contribution in [3.05, 3.63) is 84.2 Å². The van der Waals surface area contributed by atoms with Crippen LogP contribution in [0.4, 0.5) is 9.18 Å². The highest BCUT2D eigenvalue weighted by Gasteiger charge is 2.46. The molecule has 2 N–H and O–H groups in total. The van der Waals surface area contributed by atoms with Crippen molar-refractivity contribution < 1.29 is 28.3 Å². The zero-order chi connectivity index (χ0) is 29.1. The van der Waals surface area contributed by atoms with Gasteiger partial charge in [0, 0.05) is 55.2 Å². The number of carbonyl (C=O) groups is 2. The molecule has 2 aliphatic rings. The quantitative estimate of drug-likeness (QED) is 0.251. The van der Waals surface area contributed by atoms with Gasteiger partial charge in [0.1, 0.15) is 5.82 Å². The number of carbonyl (C=O) groups excluding carboxylic acids is 1. The molecule has 0 atom stereocenters. The average molecular weight is 571 g/mol. The summed E-state index contributed by atoms with van der Waals surface area (Å²) < 4.78 is 25.5. The van der Waals surface area contributed by atoms with Gasteiger partial charge in [-0.1, -0.05) is 65.8 Å². The van der Waals surface area contributed by atoms with Gasteiger partial charge in [-0.15, -0.1) is 0 Å². The Hall–Kier alpha value is -4.57. The number of hydrogen-bond acceptors (Lipinski definition) is 7. The third-order valence-corrected chi connectivity index (χ3v) is 8.15. The Labute approximate surface area is 242 Å². The Balaban J connectivity index is 1.08. The fourth-order valence-electron chi connectivity index (χ4n) is 5.46. The minimum atomic E-state index is -1.43. The molecule has 1 aromatic heterocycles. The predicted molar refractivity (Wildman–Crippen MR) is 153 cm³/mol. The number of benzene rings is 3. The molecular weight excluding hydrogens is 539 g/mol. The third kappa shape index (κ3) is 5.89. The van der Waals surface area contributed by atoms with Gasteiger partial charge in [0.25, 0.3) is 11.8 Å². The second kappa shape index (κ2) is 11.7. The number of hydrogen-bond donors (Lipinski definition) is 2. The standard InChI is InChI=1S/C32H31FN4O5/c33-27-19-24(13-14-26(27)22-5-2-1-3-6-22)29-35-28(36-42-29)23-11-9-21(10-12-23)20-37-17-15-32(16-18-37,41-31(39)40)30(38)34-25-7-4-8-25/h1-3,5-6,9-14,19,25H,4,7-8,15-18,20H2,(H,34,38)(H,39,40). The predicted octanol–water partition coefficient (Wildman–Crippen LogP) is 5.91. The van der Waals surface area contributed by atoms with E-state index in [-0.39, 0.29) is 23.7 Å². The molecule has 2 heterocycles. The van der Waals surface area contributed by atoms with E-state index in [4.69, 9.17) is 9.26 Å². The zero-order valence-corrected chi connectivity index (χ0v) is 23.0. The van der Waals surface area contributed by atoms with Gasteiger partial charge < -0.3 is 19.7 Å². The monoisotopic (exact) mass is 570 g/mol. The average Bonchev–Trinajstić information content (AvgIpc) is 3.47. The second-order valence-corrected chi connectivity index (χ2v) is 10.9. The molecule has 42 heavy (non-hydrogen) atoms. The van der Waals surface area contributed by atoms with Crippen molar-refractivity contribution in [1.29, 1.82) is 0 Å². The summed E-state index contributed by atoms with van der Waals surface area (Å²) in [5, 5.41) is 16.3. The SMILES string of the molecule is O=C(O)OC1(C(=O)NC2CCC2)CCN(Cc2ccc(-c3noc(-c4ccc(-c5ccccc5)c(F)c4)n3)cc2)CC1. The number of aromatic nitrogens is 2. The lowest BCUT2D eigenvalue weighted by molar-refractivity contribution is -0.149. The second-order valence-electron chi connectivity index (χ2n) is 10.9. The molecule has 1 saturated carbocycles. The lowest BCUT2D eigenvalue weighted by atomic mass is 9.87. The van der Waals surface area contributed by atoms with Crippen molar-refractivity contribution in [2.45, 2.75) is 50.3 Å². The summed E-state index contributed by atoms with van der Waals surface area (Å²) >= 11 is 0. The number of halogens is 1. The fraction of sp³-hybridized carbons (Fsp3) is 0.312. The van der Waals surface area contributed by atoms with E-state index in [0.29, 0.717) is 49.4 Å². The molecule has 1 amide bonds. The van der Waals surface area contributed by atoms with Crippen LogP contribution in [0.3, 0.4) is 0 Å². The molecule has 9 nitrogen and oxygen atoms in total. The highest BCUT2D eigenvalue weighted by atomic mass is 19.1. The topological polar surface area (TPSA) is 118 Å². The number of piperidine rings is 1. The van der Waals surface area contributed by atoms with E-state index >= 15 is 0 Å². The molecule has 1 aliphatic heterocycles. The molecule has 10 heteroatoms. The maximum atomic E-state index is 14.8. The largest absolute Gasteiger partial charge is 0.506 e. The maximum Gasteiger partial charge on any atom is 0.506 e. The number of ether oxygens (including phenoxy) is 1. The van der Waals surface area contributed by atoms with Gasteiger partial charge in [0.2, 0.25) is 5.82 Å². The number of rotatable bonds is 8. The molecule has 0 radical (unpaired) electrons. The van der Waals surface area contributed by atoms with Crippen LogP contribution in [0.15, 0.2) is 77.3 Å². The Morgan fingerprint density at radius 1 is 1.00 bits per heavy atom. The van der Waals surface area contributed by atoms with Crippen LogP contribution in [0.2, 0.25) is 0 Å². The van der Waals surface area contributed by atoms with Crippen molar-refractivity contribution in [2.24, 2.45) is 0 Å². The van der Waals surface area contributed by atoms with Crippen LogP contribution in [0.5, 0.6) is 0 Å². The molecule has 1 aliphatic carbocycles. The minimum Gasteiger partial charge on any atom is -0.450 e. The molecule has 216 valence electrons. The Kier molecular flexibility index (Phi) is 7.71. The molecule has 4 aromatic rings. The molecular formula is C32H31FN4O5. The Morgan fingerprint density at radius 3 is 2.36 bits per heavy atom. The number of nitrogens with zero attached hydrogens (tertiary/aromatic N) is 3. The zero-order valence-electron chi connectivity index (χ0n) is 23.0. The number of likely N-dealkylation sites (tertiary alicyclic amines) is 1. The number of carboxylic acid groups (broad SMARTS) is 1. The smallest absolute Gasteiger partial charge is 0.450 e. The lowest BCUT2D eigenvalue weighted by Gasteiger charge is -2.40. The van der Waals surface area contributed by atoms with Crippen LogP contribution in [-0.4, -0.2) is 56.9 Å². The van der Waals surface area contributed by atoms with Crippen LogP contribution >= 0.6 is 0 Å². The van der Waals surface area contributed by atoms with Crippen molar-refractivity contribution in [1.82, 2.24) is 20.4 Å². The van der Waals surface area contributed by atoms with Crippen LogP contribution in [0.25, 0.3) is 34.0 Å². The summed E-state index contributed by atoms with van der Waals surface area (Å²) in [6.07, 6.45) is 2.08. The summed E-state index contributed by atoms with van der Waals surface area (Å²) in [5.74, 6) is -0.0660. The Bertz CT molecular complexity index is 1560. The van der Waals surface area contributed by atoms with E-state index in [1.165, 1.54) is 6.07 Å². The molecule has 0 bridgehead atoms. The van der Waals surface area contributed by atoms with Crippen LogP contribution < -0.4 is 5.32 Å². The van der Waals surface area contributed by atoms with Crippen LogP contribution in [0.1, 0.15) is 37.7 Å². The van der Waals surface area contributed by atoms with Crippen LogP contribution in [-0.2, 0) is 16.1 Å². The third-order valence-electron chi connectivity index (χ3n) is 8.15. The van der Waals surface area contributed by atoms with Gasteiger partial charge in [0.05, 0.1) is 0 Å². The molecule has 6 rings (SSSR count). The minimum absolute atomic E-state index is 0.111. The maximum absolute atomic E-state index is 14.8. The van der Waals surface area contributed by atoms with Crippen molar-refractivity contribution in [3.63, 3.8) is 0 Å². The Morgan fingerprint density at radius 2 is 1.71 bits per heavy atom. The van der Waals surface area contributed by atoms with Crippen molar-refractivity contribution >= 4 is 12.1 Å². The van der Waals surface area contributed by atoms with Crippen LogP contribution in [0, 0.1) is 5.82 Å². The van der Waals surface area contributed by atoms with Gasteiger partial charge in [-0.2, -0.15) is 4.98 Å². The fourth-order valence-corrected chi connectivity index (χ4v) is 5.46. The van der Waals surface area contributed by atoms with Gasteiger partial charge >= 0.3 is 6.16 Å². The number of amides is 1. The first-order chi connectivity index (χ1) is 20.4. The molecule has 2 fully saturated rings. The van der Waals surface area contributed by atoms with E-state index in [0.717, 1.165) is 36.0 Å². The van der Waals surface area contributed by atoms with E-state index in [1.54, 1.807) is 12.1 Å². The van der Waals surface area contributed by atoms with Gasteiger partial charge in [0.15, 0.2) is 5.60 Å². The molecule has 1 saturated heterocycles. The van der Waals surface area contributed by atoms with Crippen molar-refractivity contribution in [2.75, 3.05) is 13.1 Å². The normalized spacial score (nSPS) is 16.9. The van der Waals surface area contributed by atoms with Gasteiger partial charge in [-0.3, -0.25) is 9.69 Å². The van der Waals surface area contributed by atoms with E-state index < -0.39 is 11.8 Å². The first-order valence-electron chi connectivity index (χ1n) is 14.1. The summed E-state index contributed by atoms with van der Waals surface area (Å²) in [4.78, 5) is 31.0. The van der Waals surface area contributed by atoms with E-state index in [2.05, 4.69) is 20.4 Å². The first-order valence-corrected chi connectivity index (χ1v) is 14.1. The molecule has 3 aromatic carbocycles. The molecule has 0 unspecified atom stereocenters. The first kappa shape index (κ1) is 27.6. The van der Waals surface area contributed by atoms with Gasteiger partial charge in [-0.05, 0) is 42.5 Å². The van der Waals surface area contributed by atoms with E-state index in [1.807, 2.05) is 54.6 Å². The summed E-state index contributed by atoms with van der Waals surface area (Å²) in [6.45, 7) is 1.69. The van der Waals surface area contributed by atoms with Crippen molar-refractivity contribution in [3.8, 4) is 34.0 Å². The summed E-state index contributed by atoms with van der Waals surface area (Å²) in [6, 6.07) is 22.0.